The fourth-order valence-corrected chi connectivity index (χ4v) is 5.36. The zero-order valence-corrected chi connectivity index (χ0v) is 25.3. The van der Waals surface area contributed by atoms with Crippen LogP contribution in [0.3, 0.4) is 0 Å². The standard InChI is InChI=1S/C31H36ClN3O5S/c1-22(2)19-33-31(38)29(17-24-10-6-5-7-11-24)34(20-25-12-8-14-27(32)16-25)30(37)21-35(41(4,39)40)28-15-9-13-26(18-28)23(3)36/h5-16,18,22,29H,17,19-21H2,1-4H3,(H,33,38)/t29-/m1/s1. The van der Waals surface area contributed by atoms with E-state index in [-0.39, 0.29) is 36.3 Å². The Morgan fingerprint density at radius 3 is 2.17 bits per heavy atom. The molecule has 0 aliphatic heterocycles. The van der Waals surface area contributed by atoms with E-state index in [0.29, 0.717) is 22.7 Å². The van der Waals surface area contributed by atoms with Gasteiger partial charge in [0.05, 0.1) is 11.9 Å². The van der Waals surface area contributed by atoms with Crippen LogP contribution in [-0.4, -0.2) is 56.3 Å². The Morgan fingerprint density at radius 1 is 0.902 bits per heavy atom. The van der Waals surface area contributed by atoms with E-state index in [1.807, 2.05) is 44.2 Å². The minimum Gasteiger partial charge on any atom is -0.354 e. The molecule has 0 heterocycles. The third kappa shape index (κ3) is 9.43. The SMILES string of the molecule is CC(=O)c1cccc(N(CC(=O)N(Cc2cccc(Cl)c2)[C@H](Cc2ccccc2)C(=O)NCC(C)C)S(C)(=O)=O)c1. The van der Waals surface area contributed by atoms with Gasteiger partial charge in [0.2, 0.25) is 21.8 Å². The predicted molar refractivity (Wildman–Crippen MR) is 162 cm³/mol. The number of hydrogen-bond acceptors (Lipinski definition) is 5. The van der Waals surface area contributed by atoms with E-state index in [2.05, 4.69) is 5.32 Å². The van der Waals surface area contributed by atoms with Crippen LogP contribution in [0.2, 0.25) is 5.02 Å². The molecule has 1 atom stereocenters. The number of Topliss-reactive ketones (excluding diaryl/α,β-unsaturated/α-hetero) is 1. The summed E-state index contributed by atoms with van der Waals surface area (Å²) in [6, 6.07) is 21.5. The van der Waals surface area contributed by atoms with Crippen LogP contribution in [0, 0.1) is 5.92 Å². The second-order valence-electron chi connectivity index (χ2n) is 10.4. The number of ketones is 1. The molecule has 0 unspecified atom stereocenters. The minimum absolute atomic E-state index is 0.0249. The van der Waals surface area contributed by atoms with Crippen molar-refractivity contribution in [2.75, 3.05) is 23.7 Å². The highest BCUT2D eigenvalue weighted by Crippen LogP contribution is 2.22. The van der Waals surface area contributed by atoms with E-state index in [4.69, 9.17) is 11.6 Å². The lowest BCUT2D eigenvalue weighted by molar-refractivity contribution is -0.140. The number of carbonyl (C=O) groups is 3. The van der Waals surface area contributed by atoms with Crippen molar-refractivity contribution in [3.05, 3.63) is 101 Å². The number of amides is 2. The van der Waals surface area contributed by atoms with Gasteiger partial charge in [-0.1, -0.05) is 80.0 Å². The summed E-state index contributed by atoms with van der Waals surface area (Å²) >= 11 is 6.23. The molecule has 3 aromatic carbocycles. The van der Waals surface area contributed by atoms with Crippen molar-refractivity contribution in [1.82, 2.24) is 10.2 Å². The summed E-state index contributed by atoms with van der Waals surface area (Å²) in [5, 5.41) is 3.41. The smallest absolute Gasteiger partial charge is 0.244 e. The molecule has 1 N–H and O–H groups in total. The van der Waals surface area contributed by atoms with Gasteiger partial charge in [-0.3, -0.25) is 18.7 Å². The largest absolute Gasteiger partial charge is 0.354 e. The number of carbonyl (C=O) groups excluding carboxylic acids is 3. The average molecular weight is 598 g/mol. The zero-order valence-electron chi connectivity index (χ0n) is 23.7. The van der Waals surface area contributed by atoms with Crippen LogP contribution in [0.4, 0.5) is 5.69 Å². The van der Waals surface area contributed by atoms with Crippen molar-refractivity contribution >= 4 is 44.9 Å². The molecule has 0 fully saturated rings. The molecule has 0 aliphatic rings. The first-order chi connectivity index (χ1) is 19.3. The molecule has 0 aliphatic carbocycles. The van der Waals surface area contributed by atoms with Crippen LogP contribution in [-0.2, 0) is 32.6 Å². The molecule has 3 rings (SSSR count). The number of hydrogen-bond donors (Lipinski definition) is 1. The first-order valence-electron chi connectivity index (χ1n) is 13.3. The van der Waals surface area contributed by atoms with E-state index in [1.165, 1.54) is 24.0 Å². The van der Waals surface area contributed by atoms with Crippen molar-refractivity contribution in [3.63, 3.8) is 0 Å². The van der Waals surface area contributed by atoms with Crippen LogP contribution in [0.15, 0.2) is 78.9 Å². The lowest BCUT2D eigenvalue weighted by atomic mass is 10.0. The van der Waals surface area contributed by atoms with Crippen LogP contribution in [0.1, 0.15) is 42.3 Å². The fraction of sp³-hybridized carbons (Fsp3) is 0.323. The summed E-state index contributed by atoms with van der Waals surface area (Å²) < 4.78 is 26.8. The molecule has 8 nitrogen and oxygen atoms in total. The Labute approximate surface area is 247 Å². The predicted octanol–water partition coefficient (Wildman–Crippen LogP) is 4.72. The summed E-state index contributed by atoms with van der Waals surface area (Å²) in [6.45, 7) is 5.20. The zero-order chi connectivity index (χ0) is 30.2. The van der Waals surface area contributed by atoms with Crippen LogP contribution >= 0.6 is 11.6 Å². The van der Waals surface area contributed by atoms with Gasteiger partial charge in [0.25, 0.3) is 0 Å². The highest BCUT2D eigenvalue weighted by molar-refractivity contribution is 7.92. The quantitative estimate of drug-likeness (QED) is 0.287. The normalized spacial score (nSPS) is 12.0. The van der Waals surface area contributed by atoms with E-state index in [1.54, 1.807) is 36.4 Å². The number of halogens is 1. The highest BCUT2D eigenvalue weighted by Gasteiger charge is 2.33. The maximum atomic E-state index is 14.1. The van der Waals surface area contributed by atoms with Gasteiger partial charge in [-0.2, -0.15) is 0 Å². The molecule has 0 saturated heterocycles. The minimum atomic E-state index is -3.94. The average Bonchev–Trinajstić information content (AvgIpc) is 2.92. The number of nitrogens with zero attached hydrogens (tertiary/aromatic N) is 2. The van der Waals surface area contributed by atoms with E-state index >= 15 is 0 Å². The van der Waals surface area contributed by atoms with Gasteiger partial charge in [-0.25, -0.2) is 8.42 Å². The molecule has 0 bridgehead atoms. The first-order valence-corrected chi connectivity index (χ1v) is 15.5. The Bertz CT molecular complexity index is 1480. The van der Waals surface area contributed by atoms with Crippen molar-refractivity contribution in [2.24, 2.45) is 5.92 Å². The molecule has 10 heteroatoms. The highest BCUT2D eigenvalue weighted by atomic mass is 35.5. The van der Waals surface area contributed by atoms with Crippen molar-refractivity contribution in [2.45, 2.75) is 39.8 Å². The molecule has 0 saturated carbocycles. The maximum absolute atomic E-state index is 14.1. The van der Waals surface area contributed by atoms with Crippen LogP contribution in [0.5, 0.6) is 0 Å². The Balaban J connectivity index is 2.07. The Morgan fingerprint density at radius 2 is 1.56 bits per heavy atom. The lowest BCUT2D eigenvalue weighted by Gasteiger charge is -2.33. The molecule has 218 valence electrons. The molecule has 0 spiro atoms. The van der Waals surface area contributed by atoms with E-state index < -0.39 is 28.5 Å². The van der Waals surface area contributed by atoms with Crippen LogP contribution < -0.4 is 9.62 Å². The number of rotatable bonds is 13. The molecule has 41 heavy (non-hydrogen) atoms. The molecule has 0 radical (unpaired) electrons. The first kappa shape index (κ1) is 31.8. The molecule has 3 aromatic rings. The van der Waals surface area contributed by atoms with Gasteiger partial charge in [-0.05, 0) is 48.2 Å². The molecule has 2 amide bonds. The van der Waals surface area contributed by atoms with Gasteiger partial charge in [0.15, 0.2) is 5.78 Å². The summed E-state index contributed by atoms with van der Waals surface area (Å²) in [7, 11) is -3.94. The lowest BCUT2D eigenvalue weighted by Crippen LogP contribution is -2.53. The summed E-state index contributed by atoms with van der Waals surface area (Å²) in [5.41, 5.74) is 2.02. The number of anilines is 1. The molecular formula is C31H36ClN3O5S. The second-order valence-corrected chi connectivity index (χ2v) is 12.7. The number of sulfonamides is 1. The summed E-state index contributed by atoms with van der Waals surface area (Å²) in [5.74, 6) is -0.978. The Hall–Kier alpha value is -3.69. The second kappa shape index (κ2) is 14.3. The third-order valence-corrected chi connectivity index (χ3v) is 7.79. The summed E-state index contributed by atoms with van der Waals surface area (Å²) in [6.07, 6.45) is 1.22. The topological polar surface area (TPSA) is 104 Å². The number of benzene rings is 3. The van der Waals surface area contributed by atoms with Gasteiger partial charge in [0, 0.05) is 30.1 Å². The molecular weight excluding hydrogens is 562 g/mol. The van der Waals surface area contributed by atoms with E-state index in [9.17, 15) is 22.8 Å². The van der Waals surface area contributed by atoms with Crippen molar-refractivity contribution in [1.29, 1.82) is 0 Å². The van der Waals surface area contributed by atoms with Gasteiger partial charge in [-0.15, -0.1) is 0 Å². The van der Waals surface area contributed by atoms with Gasteiger partial charge in [0.1, 0.15) is 12.6 Å². The van der Waals surface area contributed by atoms with Crippen molar-refractivity contribution < 1.29 is 22.8 Å². The van der Waals surface area contributed by atoms with Crippen LogP contribution in [0.25, 0.3) is 0 Å². The van der Waals surface area contributed by atoms with Gasteiger partial charge < -0.3 is 10.2 Å². The van der Waals surface area contributed by atoms with E-state index in [0.717, 1.165) is 16.1 Å². The summed E-state index contributed by atoms with van der Waals surface area (Å²) in [4.78, 5) is 41.1. The monoisotopic (exact) mass is 597 g/mol. The number of nitrogens with one attached hydrogen (secondary N) is 1. The fourth-order valence-electron chi connectivity index (χ4n) is 4.30. The maximum Gasteiger partial charge on any atom is 0.244 e. The Kier molecular flexibility index (Phi) is 11.1. The van der Waals surface area contributed by atoms with Crippen molar-refractivity contribution in [3.8, 4) is 0 Å². The third-order valence-electron chi connectivity index (χ3n) is 6.42. The molecule has 0 aromatic heterocycles. The van der Waals surface area contributed by atoms with Gasteiger partial charge >= 0.3 is 0 Å².